The van der Waals surface area contributed by atoms with E-state index in [9.17, 15) is 15.0 Å². The monoisotopic (exact) mass is 353 g/mol. The Bertz CT molecular complexity index is 1010. The van der Waals surface area contributed by atoms with E-state index in [-0.39, 0.29) is 17.4 Å². The van der Waals surface area contributed by atoms with Crippen molar-refractivity contribution in [2.75, 3.05) is 0 Å². The predicted molar refractivity (Wildman–Crippen MR) is 102 cm³/mol. The van der Waals surface area contributed by atoms with Gasteiger partial charge in [0.2, 0.25) is 0 Å². The summed E-state index contributed by atoms with van der Waals surface area (Å²) < 4.78 is 7.82. The van der Waals surface area contributed by atoms with Crippen molar-refractivity contribution in [1.82, 2.24) is 4.57 Å². The highest BCUT2D eigenvalue weighted by Crippen LogP contribution is 2.37. The SMILES string of the molecule is Cc1cc2c(cc(C(=O)O)n2C)c(C)c1Oc1ccc(O)c(C(C)C)c1. The third-order valence-electron chi connectivity index (χ3n) is 4.80. The van der Waals surface area contributed by atoms with E-state index in [1.807, 2.05) is 39.8 Å². The quantitative estimate of drug-likeness (QED) is 0.683. The number of nitrogens with zero attached hydrogens (tertiary/aromatic N) is 1. The number of carboxylic acid groups (broad SMARTS) is 1. The number of ether oxygens (including phenoxy) is 1. The van der Waals surface area contributed by atoms with Crippen molar-refractivity contribution < 1.29 is 19.7 Å². The summed E-state index contributed by atoms with van der Waals surface area (Å²) in [6.45, 7) is 7.90. The van der Waals surface area contributed by atoms with E-state index < -0.39 is 5.97 Å². The Labute approximate surface area is 152 Å². The van der Waals surface area contributed by atoms with Crippen LogP contribution in [0.25, 0.3) is 10.9 Å². The Kier molecular flexibility index (Phi) is 4.40. The second-order valence-electron chi connectivity index (χ2n) is 6.95. The number of phenolic OH excluding ortho intramolecular Hbond substituents is 1. The van der Waals surface area contributed by atoms with Crippen molar-refractivity contribution in [2.24, 2.45) is 7.05 Å². The predicted octanol–water partition coefficient (Wildman–Crippen LogP) is 5.11. The Morgan fingerprint density at radius 1 is 1.15 bits per heavy atom. The summed E-state index contributed by atoms with van der Waals surface area (Å²) in [4.78, 5) is 11.4. The summed E-state index contributed by atoms with van der Waals surface area (Å²) in [5.74, 6) is 0.830. The van der Waals surface area contributed by atoms with E-state index in [1.165, 1.54) is 0 Å². The van der Waals surface area contributed by atoms with E-state index in [2.05, 4.69) is 0 Å². The second-order valence-corrected chi connectivity index (χ2v) is 6.95. The van der Waals surface area contributed by atoms with E-state index in [4.69, 9.17) is 4.74 Å². The van der Waals surface area contributed by atoms with Crippen LogP contribution in [0.3, 0.4) is 0 Å². The number of carboxylic acids is 1. The lowest BCUT2D eigenvalue weighted by molar-refractivity contribution is 0.0687. The first-order valence-corrected chi connectivity index (χ1v) is 8.54. The van der Waals surface area contributed by atoms with Gasteiger partial charge in [-0.25, -0.2) is 4.79 Å². The molecule has 2 aromatic carbocycles. The van der Waals surface area contributed by atoms with Gasteiger partial charge in [-0.05, 0) is 55.7 Å². The van der Waals surface area contributed by atoms with Crippen LogP contribution in [0.15, 0.2) is 30.3 Å². The van der Waals surface area contributed by atoms with Crippen LogP contribution in [0.2, 0.25) is 0 Å². The number of benzene rings is 2. The minimum absolute atomic E-state index is 0.176. The Hall–Kier alpha value is -2.95. The molecule has 1 heterocycles. The fourth-order valence-electron chi connectivity index (χ4n) is 3.32. The normalized spacial score (nSPS) is 11.3. The lowest BCUT2D eigenvalue weighted by Crippen LogP contribution is -2.03. The van der Waals surface area contributed by atoms with Crippen molar-refractivity contribution in [3.63, 3.8) is 0 Å². The van der Waals surface area contributed by atoms with Gasteiger partial charge in [-0.3, -0.25) is 0 Å². The molecule has 0 spiro atoms. The molecule has 5 heteroatoms. The van der Waals surface area contributed by atoms with E-state index >= 15 is 0 Å². The zero-order chi connectivity index (χ0) is 19.2. The van der Waals surface area contributed by atoms with Gasteiger partial charge in [0.1, 0.15) is 22.9 Å². The first-order chi connectivity index (χ1) is 12.2. The van der Waals surface area contributed by atoms with Crippen LogP contribution in [0.5, 0.6) is 17.2 Å². The number of hydrogen-bond acceptors (Lipinski definition) is 3. The molecule has 0 aliphatic carbocycles. The van der Waals surface area contributed by atoms with Crippen molar-refractivity contribution in [3.8, 4) is 17.2 Å². The van der Waals surface area contributed by atoms with Crippen LogP contribution in [0.1, 0.15) is 46.9 Å². The van der Waals surface area contributed by atoms with E-state index in [0.717, 1.165) is 27.6 Å². The standard InChI is InChI=1S/C21H23NO4/c1-11(2)15-9-14(6-7-19(15)23)26-20-12(3)8-17-16(13(20)4)10-18(21(24)25)22(17)5/h6-11,23H,1-5H3,(H,24,25). The molecular weight excluding hydrogens is 330 g/mol. The minimum atomic E-state index is -0.955. The molecule has 0 aliphatic rings. The van der Waals surface area contributed by atoms with Crippen LogP contribution >= 0.6 is 0 Å². The molecule has 0 fully saturated rings. The molecule has 3 rings (SSSR count). The molecule has 5 nitrogen and oxygen atoms in total. The van der Waals surface area contributed by atoms with Crippen molar-refractivity contribution in [1.29, 1.82) is 0 Å². The fraction of sp³-hybridized carbons (Fsp3) is 0.286. The molecule has 0 atom stereocenters. The van der Waals surface area contributed by atoms with Crippen LogP contribution < -0.4 is 4.74 Å². The van der Waals surface area contributed by atoms with Gasteiger partial charge in [0.25, 0.3) is 0 Å². The smallest absolute Gasteiger partial charge is 0.352 e. The zero-order valence-electron chi connectivity index (χ0n) is 15.6. The number of phenols is 1. The largest absolute Gasteiger partial charge is 0.508 e. The van der Waals surface area contributed by atoms with Crippen molar-refractivity contribution in [3.05, 3.63) is 52.7 Å². The number of aryl methyl sites for hydroxylation is 3. The minimum Gasteiger partial charge on any atom is -0.508 e. The van der Waals surface area contributed by atoms with Crippen LogP contribution in [0.4, 0.5) is 0 Å². The average Bonchev–Trinajstić information content (AvgIpc) is 2.90. The molecule has 0 aliphatic heterocycles. The van der Waals surface area contributed by atoms with Gasteiger partial charge >= 0.3 is 5.97 Å². The summed E-state index contributed by atoms with van der Waals surface area (Å²) in [7, 11) is 1.75. The van der Waals surface area contributed by atoms with Crippen LogP contribution in [-0.4, -0.2) is 20.7 Å². The van der Waals surface area contributed by atoms with Gasteiger partial charge in [-0.2, -0.15) is 0 Å². The van der Waals surface area contributed by atoms with Gasteiger partial charge < -0.3 is 19.5 Å². The molecule has 0 unspecified atom stereocenters. The number of hydrogen-bond donors (Lipinski definition) is 2. The lowest BCUT2D eigenvalue weighted by Gasteiger charge is -2.15. The maximum absolute atomic E-state index is 11.4. The number of aromatic hydroxyl groups is 1. The van der Waals surface area contributed by atoms with E-state index in [1.54, 1.807) is 29.8 Å². The maximum atomic E-state index is 11.4. The molecule has 1 aromatic heterocycles. The first-order valence-electron chi connectivity index (χ1n) is 8.54. The van der Waals surface area contributed by atoms with E-state index in [0.29, 0.717) is 11.5 Å². The maximum Gasteiger partial charge on any atom is 0.352 e. The van der Waals surface area contributed by atoms with Crippen LogP contribution in [0, 0.1) is 13.8 Å². The molecular formula is C21H23NO4. The molecule has 2 N–H and O–H groups in total. The number of fused-ring (bicyclic) bond motifs is 1. The first kappa shape index (κ1) is 17.9. The van der Waals surface area contributed by atoms with Crippen molar-refractivity contribution in [2.45, 2.75) is 33.6 Å². The summed E-state index contributed by atoms with van der Waals surface area (Å²) in [6, 6.07) is 8.83. The Balaban J connectivity index is 2.11. The summed E-state index contributed by atoms with van der Waals surface area (Å²) in [5.41, 5.74) is 3.74. The third kappa shape index (κ3) is 2.90. The average molecular weight is 353 g/mol. The molecule has 0 bridgehead atoms. The molecule has 26 heavy (non-hydrogen) atoms. The molecule has 136 valence electrons. The molecule has 0 radical (unpaired) electrons. The van der Waals surface area contributed by atoms with Gasteiger partial charge in [0.15, 0.2) is 0 Å². The topological polar surface area (TPSA) is 71.7 Å². The highest BCUT2D eigenvalue weighted by molar-refractivity contribution is 5.97. The molecule has 0 amide bonds. The highest BCUT2D eigenvalue weighted by atomic mass is 16.5. The number of carbonyl (C=O) groups is 1. The van der Waals surface area contributed by atoms with Gasteiger partial charge in [-0.15, -0.1) is 0 Å². The van der Waals surface area contributed by atoms with Crippen molar-refractivity contribution >= 4 is 16.9 Å². The summed E-state index contributed by atoms with van der Waals surface area (Å²) >= 11 is 0. The number of rotatable bonds is 4. The highest BCUT2D eigenvalue weighted by Gasteiger charge is 2.18. The number of aromatic carboxylic acids is 1. The summed E-state index contributed by atoms with van der Waals surface area (Å²) in [6.07, 6.45) is 0. The second kappa shape index (κ2) is 6.41. The van der Waals surface area contributed by atoms with Gasteiger partial charge in [0.05, 0.1) is 0 Å². The van der Waals surface area contributed by atoms with Gasteiger partial charge in [-0.1, -0.05) is 13.8 Å². The van der Waals surface area contributed by atoms with Crippen LogP contribution in [-0.2, 0) is 7.05 Å². The molecule has 0 saturated heterocycles. The fourth-order valence-corrected chi connectivity index (χ4v) is 3.32. The molecule has 0 saturated carbocycles. The Morgan fingerprint density at radius 2 is 1.85 bits per heavy atom. The summed E-state index contributed by atoms with van der Waals surface area (Å²) in [5, 5.41) is 20.2. The molecule has 3 aromatic rings. The lowest BCUT2D eigenvalue weighted by atomic mass is 10.0. The van der Waals surface area contributed by atoms with Gasteiger partial charge in [0, 0.05) is 29.1 Å². The number of aromatic nitrogens is 1. The third-order valence-corrected chi connectivity index (χ3v) is 4.80. The Morgan fingerprint density at radius 3 is 2.46 bits per heavy atom. The zero-order valence-corrected chi connectivity index (χ0v) is 15.6.